The third-order valence-electron chi connectivity index (χ3n) is 6.26. The van der Waals surface area contributed by atoms with E-state index in [0.29, 0.717) is 41.9 Å². The van der Waals surface area contributed by atoms with Crippen LogP contribution in [0.4, 0.5) is 10.5 Å². The number of benzene rings is 1. The second-order valence-electron chi connectivity index (χ2n) is 7.95. The van der Waals surface area contributed by atoms with Crippen LogP contribution in [0.5, 0.6) is 5.75 Å². The summed E-state index contributed by atoms with van der Waals surface area (Å²) in [4.78, 5) is 26.6. The molecule has 1 aromatic rings. The molecule has 1 aliphatic heterocycles. The molecule has 154 valence electrons. The normalized spacial score (nSPS) is 28.9. The van der Waals surface area contributed by atoms with Crippen LogP contribution in [0.25, 0.3) is 0 Å². The van der Waals surface area contributed by atoms with Gasteiger partial charge in [0, 0.05) is 30.7 Å². The first-order valence-corrected chi connectivity index (χ1v) is 9.86. The molecule has 3 amide bonds. The maximum absolute atomic E-state index is 13.0. The van der Waals surface area contributed by atoms with Gasteiger partial charge in [-0.1, -0.05) is 6.42 Å². The topological polar surface area (TPSA) is 96.7 Å². The molecule has 1 saturated heterocycles. The third kappa shape index (κ3) is 3.91. The zero-order chi connectivity index (χ0) is 19.0. The van der Waals surface area contributed by atoms with Crippen molar-refractivity contribution in [2.24, 2.45) is 17.6 Å². The zero-order valence-electron chi connectivity index (χ0n) is 16.1. The van der Waals surface area contributed by atoms with Gasteiger partial charge in [0.05, 0.1) is 12.8 Å². The lowest BCUT2D eigenvalue weighted by Gasteiger charge is -2.45. The number of anilines is 1. The van der Waals surface area contributed by atoms with E-state index in [9.17, 15) is 9.59 Å². The number of urea groups is 1. The van der Waals surface area contributed by atoms with Crippen LogP contribution in [0.2, 0.25) is 0 Å². The summed E-state index contributed by atoms with van der Waals surface area (Å²) in [5.74, 6) is 1.44. The average Bonchev–Trinajstić information content (AvgIpc) is 3.07. The van der Waals surface area contributed by atoms with Gasteiger partial charge in [0.1, 0.15) is 5.75 Å². The Kier molecular flexibility index (Phi) is 6.35. The van der Waals surface area contributed by atoms with E-state index in [4.69, 9.17) is 10.5 Å². The summed E-state index contributed by atoms with van der Waals surface area (Å²) >= 11 is 0. The molecule has 4 N–H and O–H groups in total. The largest absolute Gasteiger partial charge is 0.495 e. The highest BCUT2D eigenvalue weighted by Gasteiger charge is 2.40. The number of carbonyl (C=O) groups excluding carboxylic acids is 2. The van der Waals surface area contributed by atoms with Crippen LogP contribution in [0.3, 0.4) is 0 Å². The van der Waals surface area contributed by atoms with Gasteiger partial charge in [0.15, 0.2) is 0 Å². The summed E-state index contributed by atoms with van der Waals surface area (Å²) in [6.45, 7) is 1.15. The highest BCUT2D eigenvalue weighted by Crippen LogP contribution is 2.40. The summed E-state index contributed by atoms with van der Waals surface area (Å²) in [6, 6.07) is 5.57. The van der Waals surface area contributed by atoms with E-state index in [1.807, 2.05) is 0 Å². The monoisotopic (exact) mass is 408 g/mol. The number of halogens is 1. The van der Waals surface area contributed by atoms with Crippen LogP contribution < -0.4 is 26.0 Å². The van der Waals surface area contributed by atoms with Gasteiger partial charge < -0.3 is 21.1 Å². The summed E-state index contributed by atoms with van der Waals surface area (Å²) < 4.78 is 5.40. The maximum Gasteiger partial charge on any atom is 0.322 e. The van der Waals surface area contributed by atoms with Crippen molar-refractivity contribution in [3.05, 3.63) is 23.8 Å². The Hall–Kier alpha value is -1.99. The number of nitrogens with zero attached hydrogens (tertiary/aromatic N) is 1. The molecule has 2 aliphatic carbocycles. The van der Waals surface area contributed by atoms with Crippen LogP contribution in [0.15, 0.2) is 18.2 Å². The molecule has 2 saturated carbocycles. The molecule has 3 aliphatic rings. The molecule has 2 bridgehead atoms. The second-order valence-corrected chi connectivity index (χ2v) is 7.95. The smallest absolute Gasteiger partial charge is 0.322 e. The fourth-order valence-corrected chi connectivity index (χ4v) is 5.00. The number of nitrogens with two attached hydrogens (primary N) is 1. The summed E-state index contributed by atoms with van der Waals surface area (Å²) in [6.07, 6.45) is 5.48. The molecule has 4 rings (SSSR count). The molecule has 0 aromatic heterocycles. The number of methoxy groups -OCH3 is 1. The van der Waals surface area contributed by atoms with Gasteiger partial charge in [0.25, 0.3) is 5.91 Å². The highest BCUT2D eigenvalue weighted by molar-refractivity contribution is 6.00. The first-order valence-electron chi connectivity index (χ1n) is 9.86. The summed E-state index contributed by atoms with van der Waals surface area (Å²) in [7, 11) is 1.57. The van der Waals surface area contributed by atoms with Crippen molar-refractivity contribution in [1.29, 1.82) is 0 Å². The van der Waals surface area contributed by atoms with Crippen molar-refractivity contribution in [2.45, 2.75) is 44.2 Å². The van der Waals surface area contributed by atoms with Crippen molar-refractivity contribution in [3.8, 4) is 5.75 Å². The minimum atomic E-state index is -0.165. The number of amides is 3. The van der Waals surface area contributed by atoms with Crippen LogP contribution in [-0.2, 0) is 0 Å². The van der Waals surface area contributed by atoms with Gasteiger partial charge in [-0.2, -0.15) is 0 Å². The van der Waals surface area contributed by atoms with Crippen molar-refractivity contribution in [1.82, 2.24) is 10.6 Å². The van der Waals surface area contributed by atoms with Gasteiger partial charge >= 0.3 is 6.03 Å². The maximum atomic E-state index is 13.0. The van der Waals surface area contributed by atoms with Crippen molar-refractivity contribution >= 4 is 30.0 Å². The van der Waals surface area contributed by atoms with Crippen LogP contribution in [-0.4, -0.2) is 44.2 Å². The van der Waals surface area contributed by atoms with Gasteiger partial charge in [-0.05, 0) is 55.7 Å². The van der Waals surface area contributed by atoms with E-state index in [-0.39, 0.29) is 36.4 Å². The molecular formula is C20H29ClN4O3. The van der Waals surface area contributed by atoms with Crippen molar-refractivity contribution < 1.29 is 14.3 Å². The van der Waals surface area contributed by atoms with E-state index in [1.165, 1.54) is 6.42 Å². The lowest BCUT2D eigenvalue weighted by atomic mass is 9.67. The lowest BCUT2D eigenvalue weighted by Crippen LogP contribution is -2.53. The molecular weight excluding hydrogens is 380 g/mol. The molecule has 1 aromatic carbocycles. The van der Waals surface area contributed by atoms with E-state index >= 15 is 0 Å². The van der Waals surface area contributed by atoms with E-state index < -0.39 is 0 Å². The number of carbonyl (C=O) groups is 2. The molecule has 28 heavy (non-hydrogen) atoms. The van der Waals surface area contributed by atoms with Gasteiger partial charge in [-0.3, -0.25) is 9.69 Å². The van der Waals surface area contributed by atoms with Crippen LogP contribution in [0, 0.1) is 11.8 Å². The van der Waals surface area contributed by atoms with Gasteiger partial charge in [-0.25, -0.2) is 4.79 Å². The van der Waals surface area contributed by atoms with Crippen LogP contribution >= 0.6 is 12.4 Å². The molecule has 8 heteroatoms. The number of hydrogen-bond donors (Lipinski definition) is 3. The number of hydrogen-bond acceptors (Lipinski definition) is 4. The van der Waals surface area contributed by atoms with E-state index in [2.05, 4.69) is 10.6 Å². The fraction of sp³-hybridized carbons (Fsp3) is 0.600. The number of fused-ring (bicyclic) bond motifs is 2. The fourth-order valence-electron chi connectivity index (χ4n) is 5.00. The number of ether oxygens (including phenoxy) is 1. The highest BCUT2D eigenvalue weighted by atomic mass is 35.5. The number of rotatable bonds is 4. The molecule has 0 radical (unpaired) electrons. The molecule has 0 spiro atoms. The second kappa shape index (κ2) is 8.57. The Morgan fingerprint density at radius 2 is 2.00 bits per heavy atom. The van der Waals surface area contributed by atoms with Crippen molar-refractivity contribution in [2.75, 3.05) is 25.1 Å². The first-order chi connectivity index (χ1) is 13.1. The summed E-state index contributed by atoms with van der Waals surface area (Å²) in [5, 5.41) is 6.05. The predicted molar refractivity (Wildman–Crippen MR) is 110 cm³/mol. The Balaban J connectivity index is 0.00000225. The first kappa shape index (κ1) is 20.7. The third-order valence-corrected chi connectivity index (χ3v) is 6.26. The minimum Gasteiger partial charge on any atom is -0.495 e. The van der Waals surface area contributed by atoms with Crippen LogP contribution in [0.1, 0.15) is 42.5 Å². The van der Waals surface area contributed by atoms with Crippen molar-refractivity contribution in [3.63, 3.8) is 0 Å². The van der Waals surface area contributed by atoms with E-state index in [1.54, 1.807) is 30.2 Å². The number of nitrogens with one attached hydrogen (secondary N) is 2. The predicted octanol–water partition coefficient (Wildman–Crippen LogP) is 2.28. The zero-order valence-corrected chi connectivity index (χ0v) is 17.0. The molecule has 3 fully saturated rings. The Bertz CT molecular complexity index is 730. The summed E-state index contributed by atoms with van der Waals surface area (Å²) in [5.41, 5.74) is 7.38. The standard InChI is InChI=1S/C20H28N4O3.ClH/c1-27-17-6-5-14(11-16(17)24-8-7-22-20(24)26)19(25)23-18-12-3-2-4-13(18)10-15(21)9-12;/h5-6,11-13,15,18H,2-4,7-10,21H2,1H3,(H,22,26)(H,23,25);1H. The average molecular weight is 409 g/mol. The minimum absolute atomic E-state index is 0. The van der Waals surface area contributed by atoms with Gasteiger partial charge in [0.2, 0.25) is 0 Å². The van der Waals surface area contributed by atoms with E-state index in [0.717, 1.165) is 25.7 Å². The molecule has 1 heterocycles. The lowest BCUT2D eigenvalue weighted by molar-refractivity contribution is 0.0756. The molecule has 7 nitrogen and oxygen atoms in total. The molecule has 2 unspecified atom stereocenters. The molecule has 2 atom stereocenters. The Labute approximate surface area is 171 Å². The quantitative estimate of drug-likeness (QED) is 0.712. The Morgan fingerprint density at radius 3 is 2.61 bits per heavy atom. The van der Waals surface area contributed by atoms with Gasteiger partial charge in [-0.15, -0.1) is 12.4 Å². The SMILES string of the molecule is COc1ccc(C(=O)NC2C3CCCC2CC(N)C3)cc1N1CCNC1=O.Cl. The Morgan fingerprint density at radius 1 is 1.29 bits per heavy atom.